The molecule has 4 aromatic carbocycles. The molecule has 0 saturated carbocycles. The van der Waals surface area contributed by atoms with E-state index >= 15 is 0 Å². The minimum Gasteiger partial charge on any atom is -0.486 e. The van der Waals surface area contributed by atoms with Gasteiger partial charge in [0.2, 0.25) is 15.9 Å². The van der Waals surface area contributed by atoms with E-state index in [1.54, 1.807) is 24.3 Å². The van der Waals surface area contributed by atoms with Crippen molar-refractivity contribution in [3.05, 3.63) is 84.9 Å². The number of fused-ring (bicyclic) bond motifs is 2. The molecular formula is C28H27N3O7S2. The van der Waals surface area contributed by atoms with Crippen molar-refractivity contribution in [2.75, 3.05) is 39.9 Å². The van der Waals surface area contributed by atoms with Crippen molar-refractivity contribution in [1.29, 1.82) is 0 Å². The third-order valence-corrected chi connectivity index (χ3v) is 9.41. The maximum atomic E-state index is 13.0. The molecule has 0 saturated heterocycles. The van der Waals surface area contributed by atoms with Gasteiger partial charge in [-0.25, -0.2) is 16.8 Å². The number of anilines is 3. The predicted molar refractivity (Wildman–Crippen MR) is 154 cm³/mol. The van der Waals surface area contributed by atoms with Crippen molar-refractivity contribution in [1.82, 2.24) is 0 Å². The summed E-state index contributed by atoms with van der Waals surface area (Å²) in [5.41, 5.74) is 1.03. The molecular weight excluding hydrogens is 554 g/mol. The van der Waals surface area contributed by atoms with Gasteiger partial charge in [-0.15, -0.1) is 0 Å². The smallest absolute Gasteiger partial charge is 0.261 e. The van der Waals surface area contributed by atoms with Gasteiger partial charge < -0.3 is 14.8 Å². The second-order valence-electron chi connectivity index (χ2n) is 8.94. The zero-order valence-electron chi connectivity index (χ0n) is 21.5. The van der Waals surface area contributed by atoms with Crippen LogP contribution in [0, 0.1) is 0 Å². The number of benzene rings is 4. The molecule has 12 heteroatoms. The number of carbonyl (C=O) groups excluding carboxylic acids is 1. The Morgan fingerprint density at radius 3 is 2.30 bits per heavy atom. The molecule has 40 heavy (non-hydrogen) atoms. The number of nitrogens with one attached hydrogen (secondary N) is 2. The molecule has 0 spiro atoms. The van der Waals surface area contributed by atoms with E-state index in [2.05, 4.69) is 10.0 Å². The fourth-order valence-corrected chi connectivity index (χ4v) is 6.40. The third-order valence-electron chi connectivity index (χ3n) is 6.28. The van der Waals surface area contributed by atoms with E-state index in [1.807, 2.05) is 30.3 Å². The number of carbonyl (C=O) groups is 1. The summed E-state index contributed by atoms with van der Waals surface area (Å²) in [6.07, 6.45) is 0. The Balaban J connectivity index is 1.30. The molecule has 0 bridgehead atoms. The lowest BCUT2D eigenvalue weighted by atomic mass is 10.1. The molecule has 0 fully saturated rings. The van der Waals surface area contributed by atoms with Gasteiger partial charge in [0.25, 0.3) is 10.0 Å². The highest BCUT2D eigenvalue weighted by Crippen LogP contribution is 2.35. The van der Waals surface area contributed by atoms with Crippen LogP contribution < -0.4 is 23.8 Å². The summed E-state index contributed by atoms with van der Waals surface area (Å²) in [4.78, 5) is 12.9. The Morgan fingerprint density at radius 2 is 1.55 bits per heavy atom. The van der Waals surface area contributed by atoms with Gasteiger partial charge in [0, 0.05) is 17.1 Å². The van der Waals surface area contributed by atoms with Crippen molar-refractivity contribution in [3.8, 4) is 11.5 Å². The van der Waals surface area contributed by atoms with E-state index in [4.69, 9.17) is 9.47 Å². The molecule has 1 aliphatic heterocycles. The Bertz CT molecular complexity index is 1770. The molecule has 5 rings (SSSR count). The third kappa shape index (κ3) is 5.82. The van der Waals surface area contributed by atoms with Crippen LogP contribution in [-0.2, 0) is 24.8 Å². The van der Waals surface area contributed by atoms with Crippen molar-refractivity contribution < 1.29 is 31.1 Å². The number of nitrogens with zero attached hydrogens (tertiary/aromatic N) is 1. The van der Waals surface area contributed by atoms with Crippen molar-refractivity contribution >= 4 is 53.8 Å². The first-order valence-electron chi connectivity index (χ1n) is 12.5. The van der Waals surface area contributed by atoms with Crippen LogP contribution in [0.5, 0.6) is 11.5 Å². The van der Waals surface area contributed by atoms with Crippen LogP contribution in [0.3, 0.4) is 0 Å². The topological polar surface area (TPSA) is 131 Å². The number of hydrogen-bond donors (Lipinski definition) is 2. The van der Waals surface area contributed by atoms with E-state index in [-0.39, 0.29) is 16.3 Å². The Morgan fingerprint density at radius 1 is 0.850 bits per heavy atom. The summed E-state index contributed by atoms with van der Waals surface area (Å²) in [6, 6.07) is 23.1. The summed E-state index contributed by atoms with van der Waals surface area (Å²) >= 11 is 0. The van der Waals surface area contributed by atoms with Crippen LogP contribution in [0.4, 0.5) is 17.1 Å². The maximum absolute atomic E-state index is 13.0. The van der Waals surface area contributed by atoms with Gasteiger partial charge in [-0.05, 0) is 54.8 Å². The first kappa shape index (κ1) is 27.3. The summed E-state index contributed by atoms with van der Waals surface area (Å²) < 4.78 is 66.4. The molecule has 10 nitrogen and oxygen atoms in total. The lowest BCUT2D eigenvalue weighted by Gasteiger charge is -2.25. The van der Waals surface area contributed by atoms with Crippen LogP contribution in [0.25, 0.3) is 10.8 Å². The second-order valence-corrected chi connectivity index (χ2v) is 12.8. The second kappa shape index (κ2) is 11.1. The normalized spacial score (nSPS) is 13.0. The highest BCUT2D eigenvalue weighted by atomic mass is 32.2. The lowest BCUT2D eigenvalue weighted by molar-refractivity contribution is -0.114. The highest BCUT2D eigenvalue weighted by molar-refractivity contribution is 7.93. The Hall–Kier alpha value is -4.29. The van der Waals surface area contributed by atoms with Crippen LogP contribution in [0.2, 0.25) is 0 Å². The zero-order valence-corrected chi connectivity index (χ0v) is 23.2. The van der Waals surface area contributed by atoms with Gasteiger partial charge >= 0.3 is 0 Å². The largest absolute Gasteiger partial charge is 0.486 e. The standard InChI is InChI=1S/C28H27N3O7S2/c1-2-39(33,34)31(22-12-15-26-27(18-22)38-17-16-37-26)19-28(32)29-21-10-13-23(14-11-21)40(35,36)30-25-9-5-7-20-6-3-4-8-24(20)25/h3-15,18,30H,2,16-17,19H2,1H3,(H,29,32). The quantitative estimate of drug-likeness (QED) is 0.303. The first-order valence-corrected chi connectivity index (χ1v) is 15.6. The monoisotopic (exact) mass is 581 g/mol. The molecule has 0 aromatic heterocycles. The van der Waals surface area contributed by atoms with Crippen LogP contribution in [0.15, 0.2) is 89.8 Å². The van der Waals surface area contributed by atoms with Crippen LogP contribution in [0.1, 0.15) is 6.92 Å². The number of sulfonamides is 2. The molecule has 0 atom stereocenters. The summed E-state index contributed by atoms with van der Waals surface area (Å²) in [7, 11) is -7.72. The molecule has 208 valence electrons. The molecule has 0 radical (unpaired) electrons. The summed E-state index contributed by atoms with van der Waals surface area (Å²) in [6.45, 7) is 1.73. The van der Waals surface area contributed by atoms with Crippen molar-refractivity contribution in [2.45, 2.75) is 11.8 Å². The van der Waals surface area contributed by atoms with Crippen LogP contribution >= 0.6 is 0 Å². The molecule has 0 aliphatic carbocycles. The summed E-state index contributed by atoms with van der Waals surface area (Å²) in [5.74, 6) is 0.0781. The average molecular weight is 582 g/mol. The molecule has 2 N–H and O–H groups in total. The SMILES string of the molecule is CCS(=O)(=O)N(CC(=O)Nc1ccc(S(=O)(=O)Nc2cccc3ccccc23)cc1)c1ccc2c(c1)OCCO2. The molecule has 0 unspecified atom stereocenters. The Kier molecular flexibility index (Phi) is 7.55. The molecule has 4 aromatic rings. The number of ether oxygens (including phenoxy) is 2. The minimum atomic E-state index is -3.91. The number of amides is 1. The maximum Gasteiger partial charge on any atom is 0.261 e. The predicted octanol–water partition coefficient (Wildman–Crippen LogP) is 4.21. The molecule has 1 heterocycles. The van der Waals surface area contributed by atoms with Crippen molar-refractivity contribution in [3.63, 3.8) is 0 Å². The molecule has 1 amide bonds. The average Bonchev–Trinajstić information content (AvgIpc) is 2.96. The van der Waals surface area contributed by atoms with Gasteiger partial charge in [-0.3, -0.25) is 13.8 Å². The zero-order chi connectivity index (χ0) is 28.3. The van der Waals surface area contributed by atoms with Gasteiger partial charge in [0.05, 0.1) is 22.0 Å². The fraction of sp³-hybridized carbons (Fsp3) is 0.179. The van der Waals surface area contributed by atoms with E-state index in [1.165, 1.54) is 37.3 Å². The minimum absolute atomic E-state index is 0.00454. The lowest BCUT2D eigenvalue weighted by Crippen LogP contribution is -2.39. The van der Waals surface area contributed by atoms with E-state index in [9.17, 15) is 21.6 Å². The van der Waals surface area contributed by atoms with Crippen molar-refractivity contribution in [2.24, 2.45) is 0 Å². The Labute approximate surface area is 232 Å². The van der Waals surface area contributed by atoms with E-state index in [0.29, 0.717) is 36.1 Å². The van der Waals surface area contributed by atoms with Crippen LogP contribution in [-0.4, -0.2) is 48.3 Å². The summed E-state index contributed by atoms with van der Waals surface area (Å²) in [5, 5.41) is 4.30. The van der Waals surface area contributed by atoms with E-state index < -0.39 is 32.5 Å². The van der Waals surface area contributed by atoms with Gasteiger partial charge in [0.15, 0.2) is 11.5 Å². The number of hydrogen-bond acceptors (Lipinski definition) is 7. The fourth-order valence-electron chi connectivity index (χ4n) is 4.26. The number of rotatable bonds is 9. The first-order chi connectivity index (χ1) is 19.2. The van der Waals surface area contributed by atoms with Gasteiger partial charge in [-0.1, -0.05) is 36.4 Å². The van der Waals surface area contributed by atoms with E-state index in [0.717, 1.165) is 15.1 Å². The molecule has 1 aliphatic rings. The van der Waals surface area contributed by atoms with Gasteiger partial charge in [-0.2, -0.15) is 0 Å². The van der Waals surface area contributed by atoms with Gasteiger partial charge in [0.1, 0.15) is 19.8 Å². The highest BCUT2D eigenvalue weighted by Gasteiger charge is 2.26.